The molecule has 2 aliphatic rings. The molecule has 4 aromatic carbocycles. The summed E-state index contributed by atoms with van der Waals surface area (Å²) < 4.78 is 49.2. The predicted molar refractivity (Wildman–Crippen MR) is 424 cm³/mol. The smallest absolute Gasteiger partial charge is 0.339 e. The van der Waals surface area contributed by atoms with Crippen molar-refractivity contribution in [2.75, 3.05) is 37.5 Å². The van der Waals surface area contributed by atoms with Crippen molar-refractivity contribution in [1.82, 2.24) is 0 Å². The van der Waals surface area contributed by atoms with Gasteiger partial charge >= 0.3 is 17.9 Å². The average Bonchev–Trinajstić information content (AvgIpc) is 0.788. The Hall–Kier alpha value is -10.7. The second kappa shape index (κ2) is 52.0. The molecule has 2 fully saturated rings. The summed E-state index contributed by atoms with van der Waals surface area (Å²) in [5.74, 6) is -4.01. The van der Waals surface area contributed by atoms with Crippen LogP contribution in [0, 0.1) is 34.7 Å². The lowest BCUT2D eigenvalue weighted by molar-refractivity contribution is -0.688. The zero-order valence-electron chi connectivity index (χ0n) is 66.3. The lowest BCUT2D eigenvalue weighted by atomic mass is 9.84. The number of aliphatic carboxylic acids is 3. The van der Waals surface area contributed by atoms with Crippen LogP contribution >= 0.6 is 23.2 Å². The Labute approximate surface area is 685 Å². The van der Waals surface area contributed by atoms with E-state index >= 15 is 0 Å². The number of amides is 2. The van der Waals surface area contributed by atoms with E-state index in [9.17, 15) is 54.9 Å². The SMILES string of the molecule is CC(=O)[O-].CC(=O)[O-].CCCC(=O)Nc1cc(C[n+]2ccc(CC(CCCCCCCOc3ccc(Cl)cc3)=NC#N)cc2)ccc1O[C@@H]1O[C@H](C(=O)OC)[C@@H](OC(C)=O)[C@H](C)[C@H]1C.N#CN=C(CCCCCCCOc1ccc(Cl)cc1)Cc1cc[n+](Cc2ccc(O[C@@H]3O[C@H](C(=O)O)[C@@H](O)[C@H](O)[C@H]3O)c(NC(=O)CCN)c2)cc1. The number of carboxylic acids is 3. The van der Waals surface area contributed by atoms with Gasteiger partial charge in [-0.2, -0.15) is 20.5 Å². The Morgan fingerprint density at radius 3 is 1.37 bits per heavy atom. The van der Waals surface area contributed by atoms with Crippen LogP contribution in [0.2, 0.25) is 10.0 Å². The highest BCUT2D eigenvalue weighted by molar-refractivity contribution is 6.30. The number of nitriles is 2. The number of anilines is 2. The maximum absolute atomic E-state index is 12.8. The minimum absolute atomic E-state index is 0.0206. The number of hydrogen-bond donors (Lipinski definition) is 7. The van der Waals surface area contributed by atoms with Crippen LogP contribution in [0.25, 0.3) is 0 Å². The molecule has 10 atom stereocenters. The molecule has 0 unspecified atom stereocenters. The Morgan fingerprint density at radius 2 is 0.966 bits per heavy atom. The molecule has 2 aromatic heterocycles. The lowest BCUT2D eigenvalue weighted by Crippen LogP contribution is -2.61. The van der Waals surface area contributed by atoms with Gasteiger partial charge in [-0.15, -0.1) is 0 Å². The maximum atomic E-state index is 12.8. The van der Waals surface area contributed by atoms with Crippen LogP contribution < -0.4 is 54.7 Å². The van der Waals surface area contributed by atoms with Gasteiger partial charge in [-0.1, -0.05) is 82.5 Å². The normalized spacial score (nSPS) is 18.8. The fourth-order valence-electron chi connectivity index (χ4n) is 12.1. The van der Waals surface area contributed by atoms with E-state index < -0.39 is 85.0 Å². The third-order valence-corrected chi connectivity index (χ3v) is 18.6. The molecule has 6 aromatic rings. The molecule has 0 saturated carbocycles. The molecular weight excluding hydrogens is 1540 g/mol. The molecule has 626 valence electrons. The number of aromatic nitrogens is 2. The van der Waals surface area contributed by atoms with E-state index in [4.69, 9.17) is 86.6 Å². The number of nitrogens with one attached hydrogen (secondary N) is 2. The first-order valence-electron chi connectivity index (χ1n) is 38.2. The van der Waals surface area contributed by atoms with Gasteiger partial charge in [0.1, 0.15) is 47.4 Å². The van der Waals surface area contributed by atoms with E-state index in [1.165, 1.54) is 20.1 Å². The molecule has 0 bridgehead atoms. The molecule has 30 nitrogen and oxygen atoms in total. The number of carboxylic acid groups (broad SMARTS) is 3. The van der Waals surface area contributed by atoms with Crippen molar-refractivity contribution < 1.29 is 111 Å². The molecule has 2 aliphatic heterocycles. The van der Waals surface area contributed by atoms with Gasteiger partial charge in [0.15, 0.2) is 50.1 Å². The van der Waals surface area contributed by atoms with Crippen molar-refractivity contribution in [3.63, 3.8) is 0 Å². The number of nitrogens with zero attached hydrogens (tertiary/aromatic N) is 6. The predicted octanol–water partition coefficient (Wildman–Crippen LogP) is 8.41. The lowest BCUT2D eigenvalue weighted by Gasteiger charge is -2.42. The number of carbonyl (C=O) groups is 7. The number of aliphatic hydroxyl groups is 3. The van der Waals surface area contributed by atoms with E-state index in [0.29, 0.717) is 73.5 Å². The summed E-state index contributed by atoms with van der Waals surface area (Å²) in [6.45, 7) is 11.3. The number of unbranched alkanes of at least 4 members (excludes halogenated alkanes) is 8. The zero-order chi connectivity index (χ0) is 85.1. The largest absolute Gasteiger partial charge is 0.550 e. The number of rotatable bonds is 39. The highest BCUT2D eigenvalue weighted by Gasteiger charge is 2.50. The summed E-state index contributed by atoms with van der Waals surface area (Å²) in [5, 5.41) is 83.4. The average molecular weight is 1650 g/mol. The summed E-state index contributed by atoms with van der Waals surface area (Å²) in [7, 11) is 1.24. The molecule has 0 spiro atoms. The Morgan fingerprint density at radius 1 is 0.552 bits per heavy atom. The van der Waals surface area contributed by atoms with Crippen LogP contribution in [0.3, 0.4) is 0 Å². The molecule has 8 N–H and O–H groups in total. The first-order valence-corrected chi connectivity index (χ1v) is 39.0. The minimum Gasteiger partial charge on any atom is -0.550 e. The number of pyridine rings is 2. The number of esters is 2. The highest BCUT2D eigenvalue weighted by Crippen LogP contribution is 2.38. The summed E-state index contributed by atoms with van der Waals surface area (Å²) >= 11 is 11.8. The molecule has 32 heteroatoms. The number of hydrogen-bond acceptors (Lipinski definition) is 25. The van der Waals surface area contributed by atoms with E-state index in [2.05, 4.69) is 20.6 Å². The minimum atomic E-state index is -1.87. The topological polar surface area (TPSA) is 451 Å². The van der Waals surface area contributed by atoms with Crippen LogP contribution in [0.1, 0.15) is 160 Å². The van der Waals surface area contributed by atoms with E-state index in [-0.39, 0.29) is 42.1 Å². The summed E-state index contributed by atoms with van der Waals surface area (Å²) in [6, 6.07) is 33.1. The number of methoxy groups -OCH3 is 1. The number of halogens is 2. The first kappa shape index (κ1) is 95.9. The summed E-state index contributed by atoms with van der Waals surface area (Å²) in [6.07, 6.45) is 13.6. The fraction of sp³-hybridized carbons (Fsp3) is 0.464. The number of aliphatic hydroxyl groups excluding tert-OH is 3. The number of benzene rings is 4. The van der Waals surface area contributed by atoms with Gasteiger partial charge in [-0.3, -0.25) is 14.4 Å². The molecular formula is C84H105Cl2N9O21. The quantitative estimate of drug-likeness (QED) is 0.00625. The van der Waals surface area contributed by atoms with Crippen molar-refractivity contribution >= 4 is 87.7 Å². The van der Waals surface area contributed by atoms with Gasteiger partial charge in [-0.25, -0.2) is 18.7 Å². The number of aliphatic imine (C=N–C) groups is 2. The molecule has 2 amide bonds. The fourth-order valence-corrected chi connectivity index (χ4v) is 12.3. The van der Waals surface area contributed by atoms with E-state index in [0.717, 1.165) is 136 Å². The van der Waals surface area contributed by atoms with Crippen LogP contribution in [-0.2, 0) is 78.4 Å². The van der Waals surface area contributed by atoms with Crippen LogP contribution in [0.5, 0.6) is 23.0 Å². The van der Waals surface area contributed by atoms with E-state index in [1.54, 1.807) is 30.3 Å². The number of ether oxygens (including phenoxy) is 8. The molecule has 2 saturated heterocycles. The van der Waals surface area contributed by atoms with Crippen molar-refractivity contribution in [1.29, 1.82) is 10.5 Å². The van der Waals surface area contributed by atoms with Crippen molar-refractivity contribution in [2.24, 2.45) is 27.6 Å². The zero-order valence-corrected chi connectivity index (χ0v) is 67.8. The molecule has 0 aliphatic carbocycles. The highest BCUT2D eigenvalue weighted by atomic mass is 35.5. The van der Waals surface area contributed by atoms with Crippen LogP contribution in [0.4, 0.5) is 11.4 Å². The molecule has 8 rings (SSSR count). The molecule has 0 radical (unpaired) electrons. The van der Waals surface area contributed by atoms with E-state index in [1.807, 2.05) is 140 Å². The Bertz CT molecular complexity index is 4220. The van der Waals surface area contributed by atoms with Gasteiger partial charge in [0.2, 0.25) is 36.8 Å². The van der Waals surface area contributed by atoms with Gasteiger partial charge in [0.25, 0.3) is 0 Å². The summed E-state index contributed by atoms with van der Waals surface area (Å²) in [4.78, 5) is 87.2. The third kappa shape index (κ3) is 35.2. The van der Waals surface area contributed by atoms with Crippen LogP contribution in [-0.4, -0.2) is 150 Å². The Kier molecular flexibility index (Phi) is 43.0. The van der Waals surface area contributed by atoms with Gasteiger partial charge < -0.3 is 94.5 Å². The van der Waals surface area contributed by atoms with Crippen molar-refractivity contribution in [3.05, 3.63) is 166 Å². The monoisotopic (exact) mass is 1650 g/mol. The second-order valence-electron chi connectivity index (χ2n) is 27.5. The first-order chi connectivity index (χ1) is 55.5. The van der Waals surface area contributed by atoms with Gasteiger partial charge in [0, 0.05) is 120 Å². The molecule has 116 heavy (non-hydrogen) atoms. The number of carbonyl (C=O) groups excluding carboxylic acids is 6. The molecule has 4 heterocycles. The standard InChI is InChI=1S/C43H53ClN4O8.C37H44ClN5O9.2C2H4O2/c1-6-12-39(50)47-37-26-33(14-19-38(37)55-43-30(3)29(2)40(54-31(4)49)41(56-43)42(51)52-5)27-48-22-20-32(21-23-48)25-35(46-28-45)13-10-8-7-9-11-24-53-36-17-15-34(44)16-18-36;38-26-8-10-28(11-9-26)50-19-5-3-1-2-4-6-27(41-23-40)20-24-14-17-43(18-15-24)22-25-7-12-30(29(21-25)42-31(44)13-16-39)51-37-34(47)32(45)33(46)35(52-37)36(48)49;2*1-2(3)4/h14-23,26,29-30,40-41,43H,6-13,24-25,27H2,1-5H3;7-12,14-15,17-18,21,32-35,37,45-47H,1-6,13,16,19-20,22,39H2,(H-,42,44,48,49);2*1H3,(H,3,4)/t29-,30-,40+,41+,43-;32-,33-,34+,35-,37+;;/m10../s1. The van der Waals surface area contributed by atoms with Gasteiger partial charge in [-0.05, 0) is 155 Å². The van der Waals surface area contributed by atoms with Gasteiger partial charge in [0.05, 0.1) is 31.7 Å². The third-order valence-electron chi connectivity index (χ3n) is 18.1. The van der Waals surface area contributed by atoms with Crippen LogP contribution in [0.15, 0.2) is 144 Å². The number of nitrogens with two attached hydrogens (primary N) is 1. The summed E-state index contributed by atoms with van der Waals surface area (Å²) in [5.41, 5.74) is 11.6. The second-order valence-corrected chi connectivity index (χ2v) is 28.4. The van der Waals surface area contributed by atoms with Crippen molar-refractivity contribution in [2.45, 2.75) is 213 Å². The van der Waals surface area contributed by atoms with Crippen molar-refractivity contribution in [3.8, 4) is 35.4 Å². The Balaban J connectivity index is 0.000000379. The maximum Gasteiger partial charge on any atom is 0.339 e.